The number of benzene rings is 7. The average molecular weight is 640 g/mol. The largest absolute Gasteiger partial charge is 0.456 e. The van der Waals surface area contributed by atoms with Gasteiger partial charge in [0, 0.05) is 27.5 Å². The second-order valence-electron chi connectivity index (χ2n) is 12.8. The van der Waals surface area contributed by atoms with Crippen molar-refractivity contribution >= 4 is 21.9 Å². The Balaban J connectivity index is 1.22. The molecule has 4 heteroatoms. The standard InChI is InChI=1S/C46H29N3O/c1-4-14-30(15-5-1)43-47-44(31-25-27-42-38(28-31)37-21-11-13-23-41(37)50-42)49-45(48-43)32-24-26-36-35-20-10-12-22-39(35)46(40(36)29-32,33-16-6-2-7-17-33)34-18-8-3-9-19-34/h1-29H. The summed E-state index contributed by atoms with van der Waals surface area (Å²) in [6, 6.07) is 61.6. The van der Waals surface area contributed by atoms with Crippen LogP contribution in [0.4, 0.5) is 0 Å². The van der Waals surface area contributed by atoms with Crippen LogP contribution in [0.2, 0.25) is 0 Å². The van der Waals surface area contributed by atoms with E-state index in [1.807, 2.05) is 60.7 Å². The minimum absolute atomic E-state index is 0.518. The van der Waals surface area contributed by atoms with Crippen LogP contribution in [0.3, 0.4) is 0 Å². The molecule has 0 bridgehead atoms. The van der Waals surface area contributed by atoms with Gasteiger partial charge in [-0.1, -0.05) is 146 Å². The third kappa shape index (κ3) is 4.28. The molecule has 0 fully saturated rings. The van der Waals surface area contributed by atoms with Gasteiger partial charge in [0.15, 0.2) is 17.5 Å². The third-order valence-corrected chi connectivity index (χ3v) is 10.0. The molecule has 2 heterocycles. The lowest BCUT2D eigenvalue weighted by molar-refractivity contribution is 0.669. The van der Waals surface area contributed by atoms with Gasteiger partial charge in [0.1, 0.15) is 11.2 Å². The van der Waals surface area contributed by atoms with E-state index in [4.69, 9.17) is 19.4 Å². The van der Waals surface area contributed by atoms with Gasteiger partial charge < -0.3 is 4.42 Å². The Morgan fingerprint density at radius 2 is 0.880 bits per heavy atom. The lowest BCUT2D eigenvalue weighted by Crippen LogP contribution is -2.28. The summed E-state index contributed by atoms with van der Waals surface area (Å²) in [7, 11) is 0. The Kier molecular flexibility index (Phi) is 6.36. The molecule has 2 aromatic heterocycles. The summed E-state index contributed by atoms with van der Waals surface area (Å²) >= 11 is 0. The van der Waals surface area contributed by atoms with Crippen molar-refractivity contribution in [2.75, 3.05) is 0 Å². The normalized spacial score (nSPS) is 13.0. The van der Waals surface area contributed by atoms with Crippen molar-refractivity contribution in [1.29, 1.82) is 0 Å². The van der Waals surface area contributed by atoms with Crippen LogP contribution in [0.15, 0.2) is 180 Å². The van der Waals surface area contributed by atoms with E-state index in [-0.39, 0.29) is 0 Å². The van der Waals surface area contributed by atoms with Crippen LogP contribution in [0, 0.1) is 0 Å². The van der Waals surface area contributed by atoms with E-state index in [1.165, 1.54) is 33.4 Å². The zero-order valence-electron chi connectivity index (χ0n) is 27.0. The Morgan fingerprint density at radius 1 is 0.360 bits per heavy atom. The minimum atomic E-state index is -0.518. The van der Waals surface area contributed by atoms with Crippen molar-refractivity contribution < 1.29 is 4.42 Å². The zero-order chi connectivity index (χ0) is 33.1. The minimum Gasteiger partial charge on any atom is -0.456 e. The summed E-state index contributed by atoms with van der Waals surface area (Å²) in [5.41, 5.74) is 11.3. The maximum atomic E-state index is 6.14. The molecule has 0 saturated heterocycles. The van der Waals surface area contributed by atoms with E-state index in [9.17, 15) is 0 Å². The number of hydrogen-bond donors (Lipinski definition) is 0. The molecule has 0 amide bonds. The second kappa shape index (κ2) is 11.2. The van der Waals surface area contributed by atoms with Gasteiger partial charge in [-0.2, -0.15) is 0 Å². The molecule has 234 valence electrons. The van der Waals surface area contributed by atoms with Crippen molar-refractivity contribution in [3.8, 4) is 45.3 Å². The van der Waals surface area contributed by atoms with Gasteiger partial charge in [-0.25, -0.2) is 15.0 Å². The van der Waals surface area contributed by atoms with Crippen LogP contribution in [0.1, 0.15) is 22.3 Å². The highest BCUT2D eigenvalue weighted by molar-refractivity contribution is 6.06. The summed E-state index contributed by atoms with van der Waals surface area (Å²) in [6.07, 6.45) is 0. The van der Waals surface area contributed by atoms with Gasteiger partial charge in [-0.15, -0.1) is 0 Å². The number of nitrogens with zero attached hydrogens (tertiary/aromatic N) is 3. The maximum Gasteiger partial charge on any atom is 0.164 e. The lowest BCUT2D eigenvalue weighted by Gasteiger charge is -2.34. The van der Waals surface area contributed by atoms with E-state index >= 15 is 0 Å². The van der Waals surface area contributed by atoms with Crippen molar-refractivity contribution in [3.05, 3.63) is 198 Å². The number of rotatable bonds is 5. The van der Waals surface area contributed by atoms with Gasteiger partial charge >= 0.3 is 0 Å². The van der Waals surface area contributed by atoms with Gasteiger partial charge in [0.2, 0.25) is 0 Å². The summed E-state index contributed by atoms with van der Waals surface area (Å²) < 4.78 is 6.14. The van der Waals surface area contributed by atoms with Crippen LogP contribution < -0.4 is 0 Å². The Morgan fingerprint density at radius 3 is 1.60 bits per heavy atom. The summed E-state index contributed by atoms with van der Waals surface area (Å²) in [5.74, 6) is 1.87. The molecule has 1 aliphatic rings. The maximum absolute atomic E-state index is 6.14. The molecule has 0 saturated carbocycles. The molecule has 10 rings (SSSR count). The average Bonchev–Trinajstić information content (AvgIpc) is 3.72. The highest BCUT2D eigenvalue weighted by atomic mass is 16.3. The number of fused-ring (bicyclic) bond motifs is 6. The fourth-order valence-corrected chi connectivity index (χ4v) is 7.80. The molecule has 7 aromatic carbocycles. The van der Waals surface area contributed by atoms with Crippen molar-refractivity contribution in [2.24, 2.45) is 0 Å². The summed E-state index contributed by atoms with van der Waals surface area (Å²) in [4.78, 5) is 15.4. The van der Waals surface area contributed by atoms with Gasteiger partial charge in [-0.3, -0.25) is 0 Å². The summed E-state index contributed by atoms with van der Waals surface area (Å²) in [6.45, 7) is 0. The van der Waals surface area contributed by atoms with Gasteiger partial charge in [0.05, 0.1) is 5.41 Å². The summed E-state index contributed by atoms with van der Waals surface area (Å²) in [5, 5.41) is 2.10. The Labute approximate surface area is 289 Å². The van der Waals surface area contributed by atoms with Crippen molar-refractivity contribution in [3.63, 3.8) is 0 Å². The predicted octanol–water partition coefficient (Wildman–Crippen LogP) is 11.1. The van der Waals surface area contributed by atoms with Crippen molar-refractivity contribution in [1.82, 2.24) is 15.0 Å². The molecule has 4 nitrogen and oxygen atoms in total. The fraction of sp³-hybridized carbons (Fsp3) is 0.0217. The van der Waals surface area contributed by atoms with E-state index < -0.39 is 5.41 Å². The molecule has 9 aromatic rings. The first-order chi connectivity index (χ1) is 24.8. The third-order valence-electron chi connectivity index (χ3n) is 10.0. The molecule has 0 atom stereocenters. The molecule has 0 radical (unpaired) electrons. The molecular weight excluding hydrogens is 611 g/mol. The second-order valence-corrected chi connectivity index (χ2v) is 12.8. The molecule has 50 heavy (non-hydrogen) atoms. The molecular formula is C46H29N3O. The first-order valence-electron chi connectivity index (χ1n) is 16.9. The molecule has 0 N–H and O–H groups in total. The number of para-hydroxylation sites is 1. The van der Waals surface area contributed by atoms with Gasteiger partial charge in [-0.05, 0) is 63.7 Å². The highest BCUT2D eigenvalue weighted by Crippen LogP contribution is 2.56. The van der Waals surface area contributed by atoms with E-state index in [2.05, 4.69) is 115 Å². The first kappa shape index (κ1) is 28.4. The van der Waals surface area contributed by atoms with Crippen LogP contribution in [0.25, 0.3) is 67.2 Å². The monoisotopic (exact) mass is 639 g/mol. The number of furan rings is 1. The highest BCUT2D eigenvalue weighted by Gasteiger charge is 2.46. The number of hydrogen-bond acceptors (Lipinski definition) is 4. The molecule has 1 aliphatic carbocycles. The molecule has 0 spiro atoms. The SMILES string of the molecule is c1ccc(-c2nc(-c3ccc4c(c3)C(c3ccccc3)(c3ccccc3)c3ccccc3-4)nc(-c3ccc4oc5ccccc5c4c3)n2)cc1. The predicted molar refractivity (Wildman–Crippen MR) is 201 cm³/mol. The fourth-order valence-electron chi connectivity index (χ4n) is 7.80. The van der Waals surface area contributed by atoms with E-state index in [0.29, 0.717) is 17.5 Å². The Hall–Kier alpha value is -6.65. The van der Waals surface area contributed by atoms with Crippen LogP contribution in [0.5, 0.6) is 0 Å². The molecule has 0 aliphatic heterocycles. The van der Waals surface area contributed by atoms with Gasteiger partial charge in [0.25, 0.3) is 0 Å². The van der Waals surface area contributed by atoms with Crippen LogP contribution >= 0.6 is 0 Å². The Bertz CT molecular complexity index is 2660. The number of aromatic nitrogens is 3. The lowest BCUT2D eigenvalue weighted by atomic mass is 9.67. The quantitative estimate of drug-likeness (QED) is 0.188. The van der Waals surface area contributed by atoms with Crippen molar-refractivity contribution in [2.45, 2.75) is 5.41 Å². The van der Waals surface area contributed by atoms with E-state index in [1.54, 1.807) is 0 Å². The van der Waals surface area contributed by atoms with E-state index in [0.717, 1.165) is 38.6 Å². The zero-order valence-corrected chi connectivity index (χ0v) is 27.0. The first-order valence-corrected chi connectivity index (χ1v) is 16.9. The topological polar surface area (TPSA) is 51.8 Å². The molecule has 0 unspecified atom stereocenters. The van der Waals surface area contributed by atoms with Crippen LogP contribution in [-0.2, 0) is 5.41 Å². The smallest absolute Gasteiger partial charge is 0.164 e. The van der Waals surface area contributed by atoms with Crippen LogP contribution in [-0.4, -0.2) is 15.0 Å².